The third-order valence-corrected chi connectivity index (χ3v) is 1.72. The van der Waals surface area contributed by atoms with E-state index in [1.54, 1.807) is 6.92 Å². The van der Waals surface area contributed by atoms with Crippen molar-refractivity contribution in [1.29, 1.82) is 0 Å². The largest absolute Gasteiger partial charge is 0.433 e. The maximum Gasteiger partial charge on any atom is 0.308 e. The number of hydrogen-bond donors (Lipinski definition) is 0. The van der Waals surface area contributed by atoms with Gasteiger partial charge in [0.15, 0.2) is 0 Å². The summed E-state index contributed by atoms with van der Waals surface area (Å²) in [7, 11) is 0. The molecule has 0 spiro atoms. The van der Waals surface area contributed by atoms with Gasteiger partial charge in [-0.3, -0.25) is 4.79 Å². The van der Waals surface area contributed by atoms with Crippen LogP contribution in [0, 0.1) is 0 Å². The first-order chi connectivity index (χ1) is 7.35. The van der Waals surface area contributed by atoms with Crippen molar-refractivity contribution in [2.24, 2.45) is 0 Å². The second kappa shape index (κ2) is 7.63. The Morgan fingerprint density at radius 2 is 1.88 bits per heavy atom. The maximum absolute atomic E-state index is 11.3. The van der Waals surface area contributed by atoms with Gasteiger partial charge in [-0.05, 0) is 27.2 Å². The number of esters is 1. The fourth-order valence-corrected chi connectivity index (χ4v) is 0.995. The average Bonchev–Trinajstić information content (AvgIpc) is 2.14. The molecule has 4 heteroatoms. The molecule has 1 atom stereocenters. The summed E-state index contributed by atoms with van der Waals surface area (Å²) < 4.78 is 5.01. The summed E-state index contributed by atoms with van der Waals surface area (Å²) in [6.07, 6.45) is 2.78. The van der Waals surface area contributed by atoms with Crippen molar-refractivity contribution < 1.29 is 19.3 Å². The van der Waals surface area contributed by atoms with Gasteiger partial charge in [0, 0.05) is 13.3 Å². The zero-order valence-electron chi connectivity index (χ0n) is 11.0. The highest BCUT2D eigenvalue weighted by Crippen LogP contribution is 2.10. The standard InChI is InChI=1S/C12H24O4/c1-6-7-8-9-11(13)14-10(2)15-16-12(3,4)5/h10H,6-9H2,1-5H3. The predicted molar refractivity (Wildman–Crippen MR) is 61.6 cm³/mol. The molecule has 0 rings (SSSR count). The zero-order valence-corrected chi connectivity index (χ0v) is 11.0. The van der Waals surface area contributed by atoms with Crippen molar-refractivity contribution >= 4 is 5.97 Å². The molecule has 0 aromatic carbocycles. The lowest BCUT2D eigenvalue weighted by atomic mass is 10.2. The quantitative estimate of drug-likeness (QED) is 0.222. The highest BCUT2D eigenvalue weighted by atomic mass is 17.2. The molecule has 0 N–H and O–H groups in total. The number of unbranched alkanes of at least 4 members (excludes halogenated alkanes) is 2. The smallest absolute Gasteiger partial charge is 0.308 e. The Balaban J connectivity index is 3.62. The summed E-state index contributed by atoms with van der Waals surface area (Å²) >= 11 is 0. The minimum atomic E-state index is -0.659. The van der Waals surface area contributed by atoms with E-state index in [0.29, 0.717) is 6.42 Å². The summed E-state index contributed by atoms with van der Waals surface area (Å²) in [6.45, 7) is 9.33. The number of carbonyl (C=O) groups is 1. The highest BCUT2D eigenvalue weighted by Gasteiger charge is 2.16. The SMILES string of the molecule is CCCCCC(=O)OC(C)OOC(C)(C)C. The van der Waals surface area contributed by atoms with Crippen molar-refractivity contribution in [3.63, 3.8) is 0 Å². The molecule has 0 aromatic rings. The van der Waals surface area contributed by atoms with E-state index >= 15 is 0 Å². The number of carbonyl (C=O) groups excluding carboxylic acids is 1. The summed E-state index contributed by atoms with van der Waals surface area (Å²) in [5.41, 5.74) is -0.400. The van der Waals surface area contributed by atoms with Crippen LogP contribution in [0.15, 0.2) is 0 Å². The van der Waals surface area contributed by atoms with E-state index in [1.807, 2.05) is 20.8 Å². The molecule has 0 aliphatic heterocycles. The van der Waals surface area contributed by atoms with Crippen LogP contribution in [0.25, 0.3) is 0 Å². The van der Waals surface area contributed by atoms with Gasteiger partial charge < -0.3 is 4.74 Å². The zero-order chi connectivity index (χ0) is 12.6. The fourth-order valence-electron chi connectivity index (χ4n) is 0.995. The van der Waals surface area contributed by atoms with Crippen LogP contribution in [0.5, 0.6) is 0 Å². The van der Waals surface area contributed by atoms with Crippen LogP contribution in [0.1, 0.15) is 60.3 Å². The summed E-state index contributed by atoms with van der Waals surface area (Å²) in [4.78, 5) is 21.3. The van der Waals surface area contributed by atoms with Gasteiger partial charge in [0.2, 0.25) is 6.29 Å². The molecule has 96 valence electrons. The average molecular weight is 232 g/mol. The Kier molecular flexibility index (Phi) is 7.34. The molecular weight excluding hydrogens is 208 g/mol. The Bertz CT molecular complexity index is 196. The van der Waals surface area contributed by atoms with E-state index in [9.17, 15) is 4.79 Å². The lowest BCUT2D eigenvalue weighted by molar-refractivity contribution is -0.405. The maximum atomic E-state index is 11.3. The van der Waals surface area contributed by atoms with E-state index in [4.69, 9.17) is 14.5 Å². The lowest BCUT2D eigenvalue weighted by Crippen LogP contribution is -2.25. The van der Waals surface area contributed by atoms with Crippen molar-refractivity contribution in [3.8, 4) is 0 Å². The normalized spacial score (nSPS) is 13.6. The lowest BCUT2D eigenvalue weighted by Gasteiger charge is -2.20. The van der Waals surface area contributed by atoms with Crippen LogP contribution < -0.4 is 0 Å². The van der Waals surface area contributed by atoms with Crippen molar-refractivity contribution in [2.45, 2.75) is 72.2 Å². The van der Waals surface area contributed by atoms with Crippen LogP contribution in [0.3, 0.4) is 0 Å². The molecule has 0 bridgehead atoms. The molecule has 0 aliphatic carbocycles. The molecule has 0 amide bonds. The fraction of sp³-hybridized carbons (Fsp3) is 0.917. The number of hydrogen-bond acceptors (Lipinski definition) is 4. The molecule has 0 fully saturated rings. The third kappa shape index (κ3) is 9.93. The van der Waals surface area contributed by atoms with Gasteiger partial charge in [0.25, 0.3) is 0 Å². The molecule has 0 radical (unpaired) electrons. The Morgan fingerprint density at radius 1 is 1.25 bits per heavy atom. The third-order valence-electron chi connectivity index (χ3n) is 1.72. The number of rotatable bonds is 7. The van der Waals surface area contributed by atoms with Crippen molar-refractivity contribution in [2.75, 3.05) is 0 Å². The Hall–Kier alpha value is -0.610. The van der Waals surface area contributed by atoms with Crippen molar-refractivity contribution in [3.05, 3.63) is 0 Å². The van der Waals surface area contributed by atoms with Gasteiger partial charge in [0.05, 0.1) is 5.60 Å². The monoisotopic (exact) mass is 232 g/mol. The molecule has 4 nitrogen and oxygen atoms in total. The number of ether oxygens (including phenoxy) is 1. The van der Waals surface area contributed by atoms with E-state index in [0.717, 1.165) is 19.3 Å². The predicted octanol–water partition coefficient (Wildman–Crippen LogP) is 3.20. The Labute approximate surface area is 98.2 Å². The van der Waals surface area contributed by atoms with E-state index in [-0.39, 0.29) is 5.97 Å². The van der Waals surface area contributed by atoms with Crippen LogP contribution in [0.2, 0.25) is 0 Å². The molecular formula is C12H24O4. The molecule has 0 aromatic heterocycles. The van der Waals surface area contributed by atoms with E-state index < -0.39 is 11.9 Å². The Morgan fingerprint density at radius 3 is 2.38 bits per heavy atom. The van der Waals surface area contributed by atoms with Gasteiger partial charge in [-0.15, -0.1) is 0 Å². The summed E-state index contributed by atoms with van der Waals surface area (Å²) in [6, 6.07) is 0. The summed E-state index contributed by atoms with van der Waals surface area (Å²) in [5, 5.41) is 0. The van der Waals surface area contributed by atoms with Crippen LogP contribution in [-0.4, -0.2) is 17.9 Å². The van der Waals surface area contributed by atoms with Gasteiger partial charge in [-0.1, -0.05) is 19.8 Å². The van der Waals surface area contributed by atoms with E-state index in [1.165, 1.54) is 0 Å². The molecule has 0 aliphatic rings. The van der Waals surface area contributed by atoms with Crippen LogP contribution >= 0.6 is 0 Å². The van der Waals surface area contributed by atoms with Crippen molar-refractivity contribution in [1.82, 2.24) is 0 Å². The van der Waals surface area contributed by atoms with Gasteiger partial charge >= 0.3 is 5.97 Å². The molecule has 16 heavy (non-hydrogen) atoms. The van der Waals surface area contributed by atoms with Gasteiger partial charge in [0.1, 0.15) is 0 Å². The first-order valence-corrected chi connectivity index (χ1v) is 5.89. The molecule has 1 unspecified atom stereocenters. The van der Waals surface area contributed by atoms with Crippen LogP contribution in [0.4, 0.5) is 0 Å². The topological polar surface area (TPSA) is 44.8 Å². The molecule has 0 saturated heterocycles. The first-order valence-electron chi connectivity index (χ1n) is 5.89. The molecule has 0 saturated carbocycles. The second-order valence-electron chi connectivity index (χ2n) is 4.81. The summed E-state index contributed by atoms with van der Waals surface area (Å²) in [5.74, 6) is -0.238. The minimum absolute atomic E-state index is 0.238. The first kappa shape index (κ1) is 15.4. The van der Waals surface area contributed by atoms with Gasteiger partial charge in [-0.25, -0.2) is 4.89 Å². The second-order valence-corrected chi connectivity index (χ2v) is 4.81. The van der Waals surface area contributed by atoms with Crippen LogP contribution in [-0.2, 0) is 19.3 Å². The van der Waals surface area contributed by atoms with Gasteiger partial charge in [-0.2, -0.15) is 4.89 Å². The van der Waals surface area contributed by atoms with E-state index in [2.05, 4.69) is 6.92 Å². The minimum Gasteiger partial charge on any atom is -0.433 e. The molecule has 0 heterocycles. The highest BCUT2D eigenvalue weighted by molar-refractivity contribution is 5.69.